The topological polar surface area (TPSA) is 78.1 Å². The van der Waals surface area contributed by atoms with Gasteiger partial charge in [0, 0.05) is 12.2 Å². The molecule has 1 amide bonds. The van der Waals surface area contributed by atoms with E-state index in [2.05, 4.69) is 34.3 Å². The van der Waals surface area contributed by atoms with Crippen LogP contribution in [0.4, 0.5) is 5.69 Å². The monoisotopic (exact) mass is 396 g/mol. The summed E-state index contributed by atoms with van der Waals surface area (Å²) in [6.45, 7) is 2.96. The minimum absolute atomic E-state index is 0.0439. The highest BCUT2D eigenvalue weighted by atomic mass is 35.5. The van der Waals surface area contributed by atoms with Gasteiger partial charge in [0.2, 0.25) is 5.91 Å². The standard InChI is InChI=1S/C21H21ClN4O2/c1-13-16-5-3-2-4-14(16)8-9-26(13)20(27)12-23-15-6-7-17-18(10-15)24-19(11-22)25-21(17)28/h2-7,10,13,23H,8-9,11-12H2,1H3,(H,24,25,28). The molecule has 1 aromatic heterocycles. The maximum Gasteiger partial charge on any atom is 0.258 e. The molecule has 3 aromatic rings. The number of aromatic nitrogens is 2. The van der Waals surface area contributed by atoms with Gasteiger partial charge >= 0.3 is 0 Å². The second-order valence-corrected chi connectivity index (χ2v) is 7.21. The Labute approximate surface area is 167 Å². The van der Waals surface area contributed by atoms with E-state index in [-0.39, 0.29) is 29.9 Å². The molecule has 2 N–H and O–H groups in total. The lowest BCUT2D eigenvalue weighted by Gasteiger charge is -2.35. The largest absolute Gasteiger partial charge is 0.376 e. The zero-order valence-electron chi connectivity index (χ0n) is 15.5. The molecule has 0 aliphatic carbocycles. The average Bonchev–Trinajstić information content (AvgIpc) is 2.72. The number of nitrogens with zero attached hydrogens (tertiary/aromatic N) is 2. The molecule has 4 rings (SSSR count). The number of alkyl halides is 1. The van der Waals surface area contributed by atoms with Gasteiger partial charge in [-0.25, -0.2) is 4.98 Å². The van der Waals surface area contributed by atoms with E-state index in [1.165, 1.54) is 11.1 Å². The highest BCUT2D eigenvalue weighted by Gasteiger charge is 2.26. The van der Waals surface area contributed by atoms with Gasteiger partial charge < -0.3 is 15.2 Å². The average molecular weight is 397 g/mol. The summed E-state index contributed by atoms with van der Waals surface area (Å²) in [7, 11) is 0. The molecule has 0 radical (unpaired) electrons. The van der Waals surface area contributed by atoms with Crippen molar-refractivity contribution in [2.45, 2.75) is 25.3 Å². The number of rotatable bonds is 4. The first kappa shape index (κ1) is 18.5. The summed E-state index contributed by atoms with van der Waals surface area (Å²) in [5.74, 6) is 0.603. The molecule has 7 heteroatoms. The Kier molecular flexibility index (Phi) is 5.05. The lowest BCUT2D eigenvalue weighted by Crippen LogP contribution is -2.41. The van der Waals surface area contributed by atoms with Gasteiger partial charge in [-0.1, -0.05) is 24.3 Å². The highest BCUT2D eigenvalue weighted by molar-refractivity contribution is 6.16. The predicted molar refractivity (Wildman–Crippen MR) is 111 cm³/mol. The Morgan fingerprint density at radius 2 is 2.14 bits per heavy atom. The van der Waals surface area contributed by atoms with Crippen molar-refractivity contribution in [3.63, 3.8) is 0 Å². The number of amides is 1. The van der Waals surface area contributed by atoms with Crippen molar-refractivity contribution in [2.75, 3.05) is 18.4 Å². The Morgan fingerprint density at radius 1 is 1.32 bits per heavy atom. The fraction of sp³-hybridized carbons (Fsp3) is 0.286. The van der Waals surface area contributed by atoms with E-state index in [0.29, 0.717) is 23.3 Å². The molecular weight excluding hydrogens is 376 g/mol. The highest BCUT2D eigenvalue weighted by Crippen LogP contribution is 2.29. The quantitative estimate of drug-likeness (QED) is 0.664. The fourth-order valence-electron chi connectivity index (χ4n) is 3.75. The Morgan fingerprint density at radius 3 is 2.96 bits per heavy atom. The number of halogens is 1. The number of H-pyrrole nitrogens is 1. The van der Waals surface area contributed by atoms with E-state index in [0.717, 1.165) is 12.1 Å². The van der Waals surface area contributed by atoms with Crippen molar-refractivity contribution in [1.29, 1.82) is 0 Å². The molecule has 0 spiro atoms. The molecular formula is C21H21ClN4O2. The zero-order chi connectivity index (χ0) is 19.7. The number of fused-ring (bicyclic) bond motifs is 2. The number of carbonyl (C=O) groups is 1. The van der Waals surface area contributed by atoms with Crippen LogP contribution in [-0.2, 0) is 17.1 Å². The molecule has 1 unspecified atom stereocenters. The van der Waals surface area contributed by atoms with Gasteiger partial charge in [-0.2, -0.15) is 0 Å². The van der Waals surface area contributed by atoms with Crippen LogP contribution in [0.15, 0.2) is 47.3 Å². The molecule has 1 atom stereocenters. The Hall–Kier alpha value is -2.86. The second kappa shape index (κ2) is 7.64. The van der Waals surface area contributed by atoms with E-state index in [4.69, 9.17) is 11.6 Å². The summed E-state index contributed by atoms with van der Waals surface area (Å²) in [4.78, 5) is 33.7. The summed E-state index contributed by atoms with van der Waals surface area (Å²) < 4.78 is 0. The molecule has 0 saturated heterocycles. The SMILES string of the molecule is CC1c2ccccc2CCN1C(=O)CNc1ccc2c(=O)[nH]c(CCl)nc2c1. The fourth-order valence-corrected chi connectivity index (χ4v) is 3.88. The molecule has 0 fully saturated rings. The van der Waals surface area contributed by atoms with Gasteiger partial charge in [-0.05, 0) is 42.7 Å². The first-order chi connectivity index (χ1) is 13.6. The molecule has 0 saturated carbocycles. The van der Waals surface area contributed by atoms with Gasteiger partial charge in [0.1, 0.15) is 5.82 Å². The van der Waals surface area contributed by atoms with Gasteiger partial charge in [-0.15, -0.1) is 11.6 Å². The third-order valence-electron chi connectivity index (χ3n) is 5.24. The number of benzene rings is 2. The smallest absolute Gasteiger partial charge is 0.258 e. The van der Waals surface area contributed by atoms with Gasteiger partial charge in [0.05, 0.1) is 29.4 Å². The molecule has 2 heterocycles. The second-order valence-electron chi connectivity index (χ2n) is 6.94. The molecule has 0 bridgehead atoms. The first-order valence-electron chi connectivity index (χ1n) is 9.27. The number of hydrogen-bond donors (Lipinski definition) is 2. The van der Waals surface area contributed by atoms with Gasteiger partial charge in [0.15, 0.2) is 0 Å². The number of carbonyl (C=O) groups excluding carboxylic acids is 1. The van der Waals surface area contributed by atoms with Crippen molar-refractivity contribution in [3.8, 4) is 0 Å². The predicted octanol–water partition coefficient (Wildman–Crippen LogP) is 3.22. The van der Waals surface area contributed by atoms with E-state index in [1.54, 1.807) is 18.2 Å². The van der Waals surface area contributed by atoms with Crippen molar-refractivity contribution in [1.82, 2.24) is 14.9 Å². The van der Waals surface area contributed by atoms with Gasteiger partial charge in [0.25, 0.3) is 5.56 Å². The van der Waals surface area contributed by atoms with Crippen LogP contribution in [0.3, 0.4) is 0 Å². The van der Waals surface area contributed by atoms with Crippen molar-refractivity contribution >= 4 is 34.1 Å². The Balaban J connectivity index is 1.48. The van der Waals surface area contributed by atoms with Gasteiger partial charge in [-0.3, -0.25) is 9.59 Å². The van der Waals surface area contributed by atoms with Crippen molar-refractivity contribution in [3.05, 3.63) is 69.8 Å². The normalized spacial score (nSPS) is 16.1. The van der Waals surface area contributed by atoms with Crippen LogP contribution in [0.25, 0.3) is 10.9 Å². The first-order valence-corrected chi connectivity index (χ1v) is 9.80. The lowest BCUT2D eigenvalue weighted by atomic mass is 9.93. The maximum atomic E-state index is 12.8. The number of aromatic amines is 1. The molecule has 1 aliphatic rings. The zero-order valence-corrected chi connectivity index (χ0v) is 16.3. The van der Waals surface area contributed by atoms with E-state index >= 15 is 0 Å². The van der Waals surface area contributed by atoms with Crippen LogP contribution in [0, 0.1) is 0 Å². The van der Waals surface area contributed by atoms with Crippen LogP contribution in [0.5, 0.6) is 0 Å². The summed E-state index contributed by atoms with van der Waals surface area (Å²) in [6.07, 6.45) is 0.871. The van der Waals surface area contributed by atoms with Crippen molar-refractivity contribution < 1.29 is 4.79 Å². The van der Waals surface area contributed by atoms with Crippen LogP contribution in [-0.4, -0.2) is 33.9 Å². The van der Waals surface area contributed by atoms with E-state index < -0.39 is 0 Å². The maximum absolute atomic E-state index is 12.8. The number of anilines is 1. The molecule has 28 heavy (non-hydrogen) atoms. The summed E-state index contributed by atoms with van der Waals surface area (Å²) in [5.41, 5.74) is 3.60. The summed E-state index contributed by atoms with van der Waals surface area (Å²) in [5, 5.41) is 3.65. The van der Waals surface area contributed by atoms with Crippen molar-refractivity contribution in [2.24, 2.45) is 0 Å². The van der Waals surface area contributed by atoms with E-state index in [9.17, 15) is 9.59 Å². The molecule has 6 nitrogen and oxygen atoms in total. The lowest BCUT2D eigenvalue weighted by molar-refractivity contribution is -0.131. The summed E-state index contributed by atoms with van der Waals surface area (Å²) in [6, 6.07) is 13.6. The van der Waals surface area contributed by atoms with Crippen LogP contribution < -0.4 is 10.9 Å². The minimum atomic E-state index is -0.218. The molecule has 144 valence electrons. The number of nitrogens with one attached hydrogen (secondary N) is 2. The number of hydrogen-bond acceptors (Lipinski definition) is 4. The van der Waals surface area contributed by atoms with Crippen LogP contribution >= 0.6 is 11.6 Å². The summed E-state index contributed by atoms with van der Waals surface area (Å²) >= 11 is 5.78. The van der Waals surface area contributed by atoms with Crippen LogP contribution in [0.2, 0.25) is 0 Å². The Bertz CT molecular complexity index is 1100. The van der Waals surface area contributed by atoms with Crippen LogP contribution in [0.1, 0.15) is 29.9 Å². The molecule has 2 aromatic carbocycles. The molecule has 1 aliphatic heterocycles. The van der Waals surface area contributed by atoms with E-state index in [1.807, 2.05) is 17.0 Å². The minimum Gasteiger partial charge on any atom is -0.376 e. The third kappa shape index (κ3) is 3.47. The third-order valence-corrected chi connectivity index (χ3v) is 5.49.